The topological polar surface area (TPSA) is 117 Å². The van der Waals surface area contributed by atoms with Gasteiger partial charge in [0.25, 0.3) is 5.56 Å². The van der Waals surface area contributed by atoms with Gasteiger partial charge in [-0.2, -0.15) is 9.78 Å². The number of hydrogen-bond donors (Lipinski definition) is 3. The number of aromatic amines is 1. The molecule has 0 radical (unpaired) electrons. The molecule has 4 atom stereocenters. The summed E-state index contributed by atoms with van der Waals surface area (Å²) in [6.45, 7) is -1.52. The Labute approximate surface area is 120 Å². The molecule has 2 heterocycles. The molecule has 1 aliphatic heterocycles. The van der Waals surface area contributed by atoms with Crippen molar-refractivity contribution >= 4 is 11.6 Å². The van der Waals surface area contributed by atoms with Gasteiger partial charge in [0, 0.05) is 0 Å². The van der Waals surface area contributed by atoms with Crippen LogP contribution >= 0.6 is 11.6 Å². The van der Waals surface area contributed by atoms with E-state index in [1.165, 1.54) is 6.92 Å². The van der Waals surface area contributed by atoms with Gasteiger partial charge in [-0.3, -0.25) is 9.78 Å². The van der Waals surface area contributed by atoms with Crippen LogP contribution in [0.3, 0.4) is 0 Å². The molecule has 9 heteroatoms. The third-order valence-corrected chi connectivity index (χ3v) is 3.26. The van der Waals surface area contributed by atoms with E-state index in [1.807, 2.05) is 4.98 Å². The van der Waals surface area contributed by atoms with Crippen molar-refractivity contribution in [3.63, 3.8) is 0 Å². The van der Waals surface area contributed by atoms with Crippen LogP contribution < -0.4 is 11.2 Å². The molecule has 0 aromatic carbocycles. The summed E-state index contributed by atoms with van der Waals surface area (Å²) in [6.07, 6.45) is -4.26. The lowest BCUT2D eigenvalue weighted by molar-refractivity contribution is -0.0514. The van der Waals surface area contributed by atoms with Gasteiger partial charge in [-0.1, -0.05) is 17.5 Å². The number of aliphatic hydroxyl groups is 2. The number of nitrogens with one attached hydrogen (secondary N) is 1. The molecule has 108 valence electrons. The highest BCUT2D eigenvalue weighted by Crippen LogP contribution is 2.42. The van der Waals surface area contributed by atoms with E-state index >= 15 is 0 Å². The molecule has 0 aliphatic carbocycles. The Bertz CT molecular complexity index is 749. The highest BCUT2D eigenvalue weighted by atomic mass is 35.5. The average molecular weight is 304 g/mol. The first kappa shape index (κ1) is 12.1. The van der Waals surface area contributed by atoms with Crippen LogP contribution in [0.25, 0.3) is 0 Å². The molecule has 8 nitrogen and oxygen atoms in total. The van der Waals surface area contributed by atoms with E-state index < -0.39 is 41.1 Å². The molecule has 1 fully saturated rings. The summed E-state index contributed by atoms with van der Waals surface area (Å²) in [5, 5.41) is 23.2. The lowest BCUT2D eigenvalue weighted by Crippen LogP contribution is -2.45. The Morgan fingerprint density at radius 3 is 3.00 bits per heavy atom. The maximum Gasteiger partial charge on any atom is 0.347 e. The monoisotopic (exact) mass is 303 g/mol. The van der Waals surface area contributed by atoms with Gasteiger partial charge >= 0.3 is 5.69 Å². The van der Waals surface area contributed by atoms with Gasteiger partial charge < -0.3 is 14.9 Å². The Balaban J connectivity index is 2.59. The normalized spacial score (nSPS) is 34.9. The summed E-state index contributed by atoms with van der Waals surface area (Å²) in [6, 6.07) is 0. The van der Waals surface area contributed by atoms with E-state index in [4.69, 9.17) is 19.1 Å². The van der Waals surface area contributed by atoms with Gasteiger partial charge in [0.05, 0.1) is 9.30 Å². The second-order valence-electron chi connectivity index (χ2n) is 4.01. The molecule has 1 aromatic rings. The summed E-state index contributed by atoms with van der Waals surface area (Å²) in [5.41, 5.74) is -1.73. The number of nitrogens with zero attached hydrogens (tertiary/aromatic N) is 2. The van der Waals surface area contributed by atoms with Crippen LogP contribution in [-0.4, -0.2) is 48.6 Å². The quantitative estimate of drug-likeness (QED) is 0.437. The molecular formula is C11H12ClN3O5. The highest BCUT2D eigenvalue weighted by molar-refractivity contribution is 6.27. The van der Waals surface area contributed by atoms with Crippen molar-refractivity contribution in [3.8, 4) is 11.8 Å². The van der Waals surface area contributed by atoms with Crippen LogP contribution in [0.2, 0.25) is 0 Å². The second kappa shape index (κ2) is 5.38. The lowest BCUT2D eigenvalue weighted by atomic mass is 9.99. The van der Waals surface area contributed by atoms with Crippen molar-refractivity contribution in [1.29, 1.82) is 0 Å². The summed E-state index contributed by atoms with van der Waals surface area (Å²) >= 11 is 6.22. The molecule has 0 amide bonds. The van der Waals surface area contributed by atoms with E-state index in [-0.39, 0.29) is 0 Å². The van der Waals surface area contributed by atoms with Crippen molar-refractivity contribution in [2.45, 2.75) is 30.2 Å². The molecule has 20 heavy (non-hydrogen) atoms. The minimum atomic E-state index is -2.93. The number of ether oxygens (including phenoxy) is 1. The first-order valence-corrected chi connectivity index (χ1v) is 5.86. The van der Waals surface area contributed by atoms with E-state index in [1.54, 1.807) is 0 Å². The molecule has 1 unspecified atom stereocenters. The van der Waals surface area contributed by atoms with E-state index in [9.17, 15) is 19.8 Å². The second-order valence-corrected chi connectivity index (χ2v) is 4.63. The summed E-state index contributed by atoms with van der Waals surface area (Å²) in [7, 11) is 0. The number of H-pyrrole nitrogens is 1. The zero-order chi connectivity index (χ0) is 16.7. The molecule has 3 N–H and O–H groups in total. The van der Waals surface area contributed by atoms with Gasteiger partial charge in [0.15, 0.2) is 11.1 Å². The number of aromatic nitrogens is 3. The van der Waals surface area contributed by atoms with Crippen LogP contribution in [0.1, 0.15) is 15.9 Å². The van der Waals surface area contributed by atoms with E-state index in [2.05, 4.69) is 16.9 Å². The van der Waals surface area contributed by atoms with Crippen molar-refractivity contribution in [3.05, 3.63) is 27.0 Å². The standard InChI is InChI=1S/C11H12ClN3O5/c1-2-3-11(12)8(18)6(5-16)20-9(11)15-10(19)14-7(17)4-13-15/h4,6,8-9,16,18H,5H2,1H3,(H,14,17,19)/t6-,8+,9-,11?/m1/s1/i5D2. The van der Waals surface area contributed by atoms with Gasteiger partial charge in [0.2, 0.25) is 0 Å². The van der Waals surface area contributed by atoms with Crippen molar-refractivity contribution < 1.29 is 17.7 Å². The maximum atomic E-state index is 11.8. The van der Waals surface area contributed by atoms with Crippen LogP contribution in [0, 0.1) is 11.8 Å². The lowest BCUT2D eigenvalue weighted by Gasteiger charge is -2.24. The van der Waals surface area contributed by atoms with E-state index in [0.717, 1.165) is 6.20 Å². The fourth-order valence-electron chi connectivity index (χ4n) is 1.87. The van der Waals surface area contributed by atoms with Crippen molar-refractivity contribution in [1.82, 2.24) is 14.8 Å². The molecule has 0 bridgehead atoms. The van der Waals surface area contributed by atoms with Gasteiger partial charge in [-0.15, -0.1) is 5.92 Å². The highest BCUT2D eigenvalue weighted by Gasteiger charge is 2.56. The third kappa shape index (κ3) is 2.25. The minimum Gasteiger partial charge on any atom is -0.394 e. The number of halogens is 1. The first-order valence-electron chi connectivity index (χ1n) is 6.48. The number of rotatable bonds is 2. The largest absolute Gasteiger partial charge is 0.394 e. The van der Waals surface area contributed by atoms with Crippen LogP contribution in [0.5, 0.6) is 0 Å². The van der Waals surface area contributed by atoms with Crippen LogP contribution in [0.15, 0.2) is 15.8 Å². The molecule has 1 aromatic heterocycles. The number of alkyl halides is 1. The fourth-order valence-corrected chi connectivity index (χ4v) is 2.22. The summed E-state index contributed by atoms with van der Waals surface area (Å²) < 4.78 is 20.3. The molecule has 2 rings (SSSR count). The third-order valence-electron chi connectivity index (χ3n) is 2.76. The minimum absolute atomic E-state index is 0.619. The van der Waals surface area contributed by atoms with E-state index in [0.29, 0.717) is 4.68 Å². The maximum absolute atomic E-state index is 11.8. The van der Waals surface area contributed by atoms with Crippen molar-refractivity contribution in [2.24, 2.45) is 0 Å². The van der Waals surface area contributed by atoms with Crippen molar-refractivity contribution in [2.75, 3.05) is 6.56 Å². The SMILES string of the molecule is [2H]C([2H])(O)[C@H]1O[C@@H](n2ncc(=O)[nH]c2=O)C(Cl)(C#CC)[C@H]1O. The Kier molecular flexibility index (Phi) is 3.26. The molecular weight excluding hydrogens is 290 g/mol. The summed E-state index contributed by atoms with van der Waals surface area (Å²) in [4.78, 5) is 22.8. The zero-order valence-corrected chi connectivity index (χ0v) is 11.0. The smallest absolute Gasteiger partial charge is 0.347 e. The number of aliphatic hydroxyl groups excluding tert-OH is 1. The first-order chi connectivity index (χ1) is 10.1. The molecule has 0 spiro atoms. The zero-order valence-electron chi connectivity index (χ0n) is 12.2. The molecule has 1 saturated heterocycles. The van der Waals surface area contributed by atoms with Gasteiger partial charge in [0.1, 0.15) is 18.4 Å². The van der Waals surface area contributed by atoms with Gasteiger partial charge in [-0.05, 0) is 6.92 Å². The molecule has 0 saturated carbocycles. The Morgan fingerprint density at radius 1 is 1.75 bits per heavy atom. The predicted molar refractivity (Wildman–Crippen MR) is 68.2 cm³/mol. The Hall–Kier alpha value is -1.66. The number of hydrogen-bond acceptors (Lipinski definition) is 6. The van der Waals surface area contributed by atoms with Crippen LogP contribution in [-0.2, 0) is 4.74 Å². The Morgan fingerprint density at radius 2 is 2.45 bits per heavy atom. The van der Waals surface area contributed by atoms with Crippen LogP contribution in [0.4, 0.5) is 0 Å². The summed E-state index contributed by atoms with van der Waals surface area (Å²) in [5.74, 6) is 4.88. The predicted octanol–water partition coefficient (Wildman–Crippen LogP) is -1.82. The molecule has 1 aliphatic rings. The van der Waals surface area contributed by atoms with Gasteiger partial charge in [-0.25, -0.2) is 4.79 Å². The fraction of sp³-hybridized carbons (Fsp3) is 0.545. The average Bonchev–Trinajstić information content (AvgIpc) is 2.63.